The van der Waals surface area contributed by atoms with Gasteiger partial charge in [-0.1, -0.05) is 42.0 Å². The molecule has 0 heterocycles. The number of nitrogens with one attached hydrogen (secondary N) is 1. The predicted molar refractivity (Wildman–Crippen MR) is 108 cm³/mol. The van der Waals surface area contributed by atoms with Crippen LogP contribution in [-0.2, 0) is 0 Å². The molecule has 27 heavy (non-hydrogen) atoms. The van der Waals surface area contributed by atoms with Crippen molar-refractivity contribution in [3.63, 3.8) is 0 Å². The molecule has 134 valence electrons. The fourth-order valence-corrected chi connectivity index (χ4v) is 3.86. The van der Waals surface area contributed by atoms with Crippen molar-refractivity contribution in [2.45, 2.75) is 20.8 Å². The highest BCUT2D eigenvalue weighted by molar-refractivity contribution is 6.31. The first kappa shape index (κ1) is 17.0. The Hall–Kier alpha value is -3.40. The molecule has 0 amide bonds. The minimum atomic E-state index is -0.210. The summed E-state index contributed by atoms with van der Waals surface area (Å²) in [6, 6.07) is 14.5. The Bertz CT molecular complexity index is 1110. The van der Waals surface area contributed by atoms with Crippen LogP contribution in [0.5, 0.6) is 0 Å². The minimum absolute atomic E-state index is 0.183. The quantitative estimate of drug-likeness (QED) is 0.510. The van der Waals surface area contributed by atoms with E-state index in [1.807, 2.05) is 20.8 Å². The number of aryl methyl sites for hydroxylation is 3. The maximum Gasteiger partial charge on any atom is 0.196 e. The molecule has 1 aliphatic rings. The van der Waals surface area contributed by atoms with Crippen LogP contribution in [0.15, 0.2) is 48.5 Å². The Morgan fingerprint density at radius 1 is 0.778 bits per heavy atom. The largest absolute Gasteiger partial charge is 0.398 e. The van der Waals surface area contributed by atoms with Gasteiger partial charge in [0.25, 0.3) is 0 Å². The number of nitrogen functional groups attached to an aromatic ring is 1. The number of rotatable bonds is 2. The van der Waals surface area contributed by atoms with E-state index in [1.54, 1.807) is 36.4 Å². The smallest absolute Gasteiger partial charge is 0.196 e. The highest BCUT2D eigenvalue weighted by atomic mass is 16.1. The lowest BCUT2D eigenvalue weighted by Gasteiger charge is -2.23. The number of ketones is 2. The van der Waals surface area contributed by atoms with Crippen LogP contribution in [0.2, 0.25) is 0 Å². The van der Waals surface area contributed by atoms with Crippen LogP contribution in [-0.4, -0.2) is 11.6 Å². The standard InChI is InChI=1S/C23H20N2O2/c1-12-10-13(2)21(14(3)11-12)25-18-9-8-17(24)19-20(18)23(27)16-7-5-4-6-15(16)22(19)26/h4-11,25H,24H2,1-3H3. The summed E-state index contributed by atoms with van der Waals surface area (Å²) in [5.74, 6) is -0.392. The van der Waals surface area contributed by atoms with Gasteiger partial charge in [-0.25, -0.2) is 0 Å². The van der Waals surface area contributed by atoms with Crippen LogP contribution in [0.1, 0.15) is 48.5 Å². The van der Waals surface area contributed by atoms with E-state index in [9.17, 15) is 9.59 Å². The fourth-order valence-electron chi connectivity index (χ4n) is 3.86. The van der Waals surface area contributed by atoms with E-state index in [-0.39, 0.29) is 17.1 Å². The average molecular weight is 356 g/mol. The molecule has 0 fully saturated rings. The molecule has 4 rings (SSSR count). The highest BCUT2D eigenvalue weighted by Gasteiger charge is 2.33. The second kappa shape index (κ2) is 6.09. The average Bonchev–Trinajstić information content (AvgIpc) is 2.63. The van der Waals surface area contributed by atoms with Gasteiger partial charge in [0.2, 0.25) is 0 Å². The normalized spacial score (nSPS) is 12.6. The molecule has 3 N–H and O–H groups in total. The van der Waals surface area contributed by atoms with Crippen LogP contribution in [0, 0.1) is 20.8 Å². The second-order valence-electron chi connectivity index (χ2n) is 7.05. The lowest BCUT2D eigenvalue weighted by Crippen LogP contribution is -2.23. The van der Waals surface area contributed by atoms with Crippen molar-refractivity contribution in [3.05, 3.63) is 87.5 Å². The number of anilines is 3. The van der Waals surface area contributed by atoms with Gasteiger partial charge in [-0.3, -0.25) is 9.59 Å². The van der Waals surface area contributed by atoms with Gasteiger partial charge in [-0.05, 0) is 44.0 Å². The van der Waals surface area contributed by atoms with Crippen molar-refractivity contribution in [3.8, 4) is 0 Å². The summed E-state index contributed by atoms with van der Waals surface area (Å²) in [4.78, 5) is 26.2. The van der Waals surface area contributed by atoms with Crippen molar-refractivity contribution in [2.75, 3.05) is 11.1 Å². The third-order valence-electron chi connectivity index (χ3n) is 5.04. The molecule has 4 nitrogen and oxygen atoms in total. The van der Waals surface area contributed by atoms with Crippen molar-refractivity contribution < 1.29 is 9.59 Å². The summed E-state index contributed by atoms with van der Waals surface area (Å²) in [6.45, 7) is 6.09. The van der Waals surface area contributed by atoms with Gasteiger partial charge in [0.15, 0.2) is 11.6 Å². The van der Waals surface area contributed by atoms with Crippen LogP contribution in [0.25, 0.3) is 0 Å². The van der Waals surface area contributed by atoms with E-state index in [2.05, 4.69) is 17.4 Å². The molecule has 0 aromatic heterocycles. The number of nitrogens with two attached hydrogens (primary N) is 1. The van der Waals surface area contributed by atoms with Gasteiger partial charge in [-0.2, -0.15) is 0 Å². The molecule has 0 spiro atoms. The Kier molecular flexibility index (Phi) is 3.84. The number of hydrogen-bond donors (Lipinski definition) is 2. The molecule has 3 aromatic rings. The Morgan fingerprint density at radius 2 is 1.33 bits per heavy atom. The summed E-state index contributed by atoms with van der Waals surface area (Å²) in [7, 11) is 0. The number of fused-ring (bicyclic) bond motifs is 2. The molecule has 0 aliphatic heterocycles. The second-order valence-corrected chi connectivity index (χ2v) is 7.05. The van der Waals surface area contributed by atoms with Crippen molar-refractivity contribution in [2.24, 2.45) is 0 Å². The topological polar surface area (TPSA) is 72.2 Å². The van der Waals surface area contributed by atoms with Crippen molar-refractivity contribution in [1.82, 2.24) is 0 Å². The molecule has 0 bridgehead atoms. The van der Waals surface area contributed by atoms with E-state index in [0.29, 0.717) is 28.1 Å². The molecule has 0 saturated carbocycles. The molecule has 0 unspecified atom stereocenters. The lowest BCUT2D eigenvalue weighted by molar-refractivity contribution is 0.0980. The summed E-state index contributed by atoms with van der Waals surface area (Å²) >= 11 is 0. The van der Waals surface area contributed by atoms with Gasteiger partial charge in [0, 0.05) is 22.5 Å². The van der Waals surface area contributed by atoms with E-state index in [4.69, 9.17) is 5.73 Å². The Balaban J connectivity index is 1.91. The number of hydrogen-bond acceptors (Lipinski definition) is 4. The third-order valence-corrected chi connectivity index (χ3v) is 5.04. The molecular formula is C23H20N2O2. The summed E-state index contributed by atoms with van der Waals surface area (Å²) in [5.41, 5.74) is 12.7. The zero-order valence-electron chi connectivity index (χ0n) is 15.5. The van der Waals surface area contributed by atoms with Crippen LogP contribution >= 0.6 is 0 Å². The fraction of sp³-hybridized carbons (Fsp3) is 0.130. The first-order valence-corrected chi connectivity index (χ1v) is 8.84. The first-order chi connectivity index (χ1) is 12.9. The third kappa shape index (κ3) is 2.61. The molecule has 1 aliphatic carbocycles. The van der Waals surface area contributed by atoms with Gasteiger partial charge >= 0.3 is 0 Å². The van der Waals surface area contributed by atoms with Gasteiger partial charge < -0.3 is 11.1 Å². The number of carbonyl (C=O) groups is 2. The summed E-state index contributed by atoms with van der Waals surface area (Å²) < 4.78 is 0. The monoisotopic (exact) mass is 356 g/mol. The van der Waals surface area contributed by atoms with Crippen LogP contribution in [0.3, 0.4) is 0 Å². The zero-order chi connectivity index (χ0) is 19.3. The Morgan fingerprint density at radius 3 is 1.93 bits per heavy atom. The summed E-state index contributed by atoms with van der Waals surface area (Å²) in [5, 5.41) is 3.38. The van der Waals surface area contributed by atoms with Gasteiger partial charge in [-0.15, -0.1) is 0 Å². The molecule has 4 heteroatoms. The predicted octanol–water partition coefficient (Wildman–Crippen LogP) is 4.71. The SMILES string of the molecule is Cc1cc(C)c(Nc2ccc(N)c3c2C(=O)c2ccccc2C3=O)c(C)c1. The van der Waals surface area contributed by atoms with Crippen molar-refractivity contribution >= 4 is 28.6 Å². The van der Waals surface area contributed by atoms with Crippen LogP contribution in [0.4, 0.5) is 17.1 Å². The number of carbonyl (C=O) groups excluding carboxylic acids is 2. The molecule has 0 saturated heterocycles. The van der Waals surface area contributed by atoms with Gasteiger partial charge in [0.1, 0.15) is 0 Å². The zero-order valence-corrected chi connectivity index (χ0v) is 15.5. The van der Waals surface area contributed by atoms with E-state index < -0.39 is 0 Å². The Labute approximate surface area is 158 Å². The van der Waals surface area contributed by atoms with E-state index in [1.165, 1.54) is 5.56 Å². The van der Waals surface area contributed by atoms with Crippen LogP contribution < -0.4 is 11.1 Å². The molecular weight excluding hydrogens is 336 g/mol. The lowest BCUT2D eigenvalue weighted by atomic mass is 9.82. The number of benzene rings is 3. The maximum absolute atomic E-state index is 13.2. The molecule has 0 radical (unpaired) electrons. The van der Waals surface area contributed by atoms with E-state index >= 15 is 0 Å². The minimum Gasteiger partial charge on any atom is -0.398 e. The van der Waals surface area contributed by atoms with E-state index in [0.717, 1.165) is 16.8 Å². The summed E-state index contributed by atoms with van der Waals surface area (Å²) in [6.07, 6.45) is 0. The first-order valence-electron chi connectivity index (χ1n) is 8.84. The maximum atomic E-state index is 13.2. The molecule has 3 aromatic carbocycles. The van der Waals surface area contributed by atoms with Crippen molar-refractivity contribution in [1.29, 1.82) is 0 Å². The van der Waals surface area contributed by atoms with Gasteiger partial charge in [0.05, 0.1) is 16.8 Å². The molecule has 0 atom stereocenters. The highest BCUT2D eigenvalue weighted by Crippen LogP contribution is 2.37.